The van der Waals surface area contributed by atoms with Crippen LogP contribution in [0.25, 0.3) is 0 Å². The van der Waals surface area contributed by atoms with Gasteiger partial charge in [0.25, 0.3) is 0 Å². The highest BCUT2D eigenvalue weighted by molar-refractivity contribution is 6.74. The van der Waals surface area contributed by atoms with Crippen molar-refractivity contribution in [2.45, 2.75) is 64.3 Å². The van der Waals surface area contributed by atoms with Crippen molar-refractivity contribution in [2.24, 2.45) is 0 Å². The molecule has 0 unspecified atom stereocenters. The van der Waals surface area contributed by atoms with Gasteiger partial charge < -0.3 is 19.4 Å². The molecule has 0 amide bonds. The summed E-state index contributed by atoms with van der Waals surface area (Å²) in [6.07, 6.45) is 0.351. The minimum Gasteiger partial charge on any atom is -0.480 e. The van der Waals surface area contributed by atoms with Crippen LogP contribution in [0.1, 0.15) is 27.2 Å². The Labute approximate surface area is 117 Å². The molecule has 0 aromatic rings. The molecule has 0 bridgehead atoms. The van der Waals surface area contributed by atoms with Crippen molar-refractivity contribution in [1.82, 2.24) is 4.81 Å². The third-order valence-corrected chi connectivity index (χ3v) is 8.87. The molecule has 0 spiro atoms. The van der Waals surface area contributed by atoms with E-state index in [-0.39, 0.29) is 11.1 Å². The maximum Gasteiger partial charge on any atom is 0.377 e. The van der Waals surface area contributed by atoms with Gasteiger partial charge in [-0.05, 0) is 31.4 Å². The van der Waals surface area contributed by atoms with Crippen LogP contribution in [0.4, 0.5) is 0 Å². The normalized spacial score (nSPS) is 25.6. The molecule has 0 aromatic heterocycles. The molecule has 5 nitrogen and oxygen atoms in total. The van der Waals surface area contributed by atoms with Crippen LogP contribution < -0.4 is 0 Å². The van der Waals surface area contributed by atoms with Crippen molar-refractivity contribution in [3.63, 3.8) is 0 Å². The van der Waals surface area contributed by atoms with E-state index in [0.29, 0.717) is 13.0 Å². The number of carboxylic acids is 1. The number of rotatable bonds is 4. The Morgan fingerprint density at radius 2 is 1.95 bits per heavy atom. The van der Waals surface area contributed by atoms with E-state index >= 15 is 0 Å². The van der Waals surface area contributed by atoms with Gasteiger partial charge >= 0.3 is 13.0 Å². The van der Waals surface area contributed by atoms with Crippen LogP contribution in [0.15, 0.2) is 0 Å². The highest BCUT2D eigenvalue weighted by Gasteiger charge is 2.45. The standard InChI is InChI=1S/C12H26BNO4Si/c1-12(2,3)19(5,6)18-9-7-10(11(15)16)14(8-9)13(4)17/h9-10,17H,7-8H2,1-6H3,(H,15,16)/t9-,10+/m1/s1. The zero-order valence-electron chi connectivity index (χ0n) is 12.8. The second kappa shape index (κ2) is 5.55. The average Bonchev–Trinajstić information content (AvgIpc) is 2.59. The van der Waals surface area contributed by atoms with E-state index in [4.69, 9.17) is 4.43 Å². The fourth-order valence-electron chi connectivity index (χ4n) is 2.16. The Kier molecular flexibility index (Phi) is 4.88. The van der Waals surface area contributed by atoms with Crippen LogP contribution in [-0.2, 0) is 9.22 Å². The summed E-state index contributed by atoms with van der Waals surface area (Å²) >= 11 is 0. The molecule has 7 heteroatoms. The molecule has 1 rings (SSSR count). The molecule has 1 aliphatic heterocycles. The number of carboxylic acid groups (broad SMARTS) is 1. The Morgan fingerprint density at radius 3 is 2.26 bits per heavy atom. The van der Waals surface area contributed by atoms with Crippen LogP contribution >= 0.6 is 0 Å². The van der Waals surface area contributed by atoms with Gasteiger partial charge in [0, 0.05) is 6.54 Å². The summed E-state index contributed by atoms with van der Waals surface area (Å²) in [5.74, 6) is -0.887. The molecule has 0 radical (unpaired) electrons. The van der Waals surface area contributed by atoms with Crippen LogP contribution in [0.3, 0.4) is 0 Å². The van der Waals surface area contributed by atoms with E-state index in [1.165, 1.54) is 0 Å². The predicted octanol–water partition coefficient (Wildman–Crippen LogP) is 1.65. The smallest absolute Gasteiger partial charge is 0.377 e. The molecule has 0 aliphatic carbocycles. The first-order valence-electron chi connectivity index (χ1n) is 6.80. The van der Waals surface area contributed by atoms with Gasteiger partial charge in [0.1, 0.15) is 6.04 Å². The third kappa shape index (κ3) is 3.81. The fraction of sp³-hybridized carbons (Fsp3) is 0.917. The zero-order chi connectivity index (χ0) is 15.0. The van der Waals surface area contributed by atoms with Crippen LogP contribution in [0.5, 0.6) is 0 Å². The van der Waals surface area contributed by atoms with Crippen molar-refractivity contribution in [3.8, 4) is 0 Å². The molecule has 110 valence electrons. The summed E-state index contributed by atoms with van der Waals surface area (Å²) in [7, 11) is -2.66. The molecule has 2 atom stereocenters. The molecule has 0 aromatic carbocycles. The van der Waals surface area contributed by atoms with Crippen molar-refractivity contribution in [2.75, 3.05) is 6.54 Å². The highest BCUT2D eigenvalue weighted by Crippen LogP contribution is 2.38. The van der Waals surface area contributed by atoms with Crippen molar-refractivity contribution < 1.29 is 19.4 Å². The lowest BCUT2D eigenvalue weighted by molar-refractivity contribution is -0.141. The average molecular weight is 287 g/mol. The zero-order valence-corrected chi connectivity index (χ0v) is 13.8. The lowest BCUT2D eigenvalue weighted by Gasteiger charge is -2.38. The highest BCUT2D eigenvalue weighted by atomic mass is 28.4. The number of hydrogen-bond donors (Lipinski definition) is 2. The second-order valence-corrected chi connectivity index (χ2v) is 11.7. The number of hydrogen-bond acceptors (Lipinski definition) is 4. The van der Waals surface area contributed by atoms with Gasteiger partial charge in [-0.1, -0.05) is 20.8 Å². The number of aliphatic carboxylic acids is 1. The first-order valence-corrected chi connectivity index (χ1v) is 9.71. The van der Waals surface area contributed by atoms with Gasteiger partial charge in [0.15, 0.2) is 8.32 Å². The SMILES string of the molecule is CB(O)N1C[C@H](O[Si](C)(C)C(C)(C)C)C[C@H]1C(=O)O. The van der Waals surface area contributed by atoms with Crippen LogP contribution in [0, 0.1) is 0 Å². The minimum absolute atomic E-state index is 0.100. The van der Waals surface area contributed by atoms with E-state index in [1.54, 1.807) is 11.6 Å². The monoisotopic (exact) mass is 287 g/mol. The Balaban J connectivity index is 2.76. The van der Waals surface area contributed by atoms with E-state index in [1.807, 2.05) is 0 Å². The van der Waals surface area contributed by atoms with Gasteiger partial charge in [0.05, 0.1) is 6.10 Å². The predicted molar refractivity (Wildman–Crippen MR) is 78.7 cm³/mol. The molecule has 1 saturated heterocycles. The molecule has 1 fully saturated rings. The van der Waals surface area contributed by atoms with Crippen molar-refractivity contribution in [3.05, 3.63) is 0 Å². The maximum absolute atomic E-state index is 11.2. The molecule has 1 aliphatic rings. The molecular weight excluding hydrogens is 261 g/mol. The topological polar surface area (TPSA) is 70.0 Å². The minimum atomic E-state index is -1.90. The number of nitrogens with zero attached hydrogens (tertiary/aromatic N) is 1. The lowest BCUT2D eigenvalue weighted by atomic mass is 9.84. The van der Waals surface area contributed by atoms with Gasteiger partial charge in [-0.15, -0.1) is 0 Å². The van der Waals surface area contributed by atoms with Crippen molar-refractivity contribution in [1.29, 1.82) is 0 Å². The summed E-state index contributed by atoms with van der Waals surface area (Å²) in [5, 5.41) is 19.0. The number of carbonyl (C=O) groups is 1. The molecular formula is C12H26BNO4Si. The molecule has 0 saturated carbocycles. The van der Waals surface area contributed by atoms with Crippen molar-refractivity contribution >= 4 is 21.3 Å². The summed E-state index contributed by atoms with van der Waals surface area (Å²) in [4.78, 5) is 12.8. The Bertz CT molecular complexity index is 343. The van der Waals surface area contributed by atoms with Crippen LogP contribution in [-0.4, -0.2) is 55.0 Å². The van der Waals surface area contributed by atoms with Gasteiger partial charge in [-0.3, -0.25) is 4.79 Å². The first kappa shape index (κ1) is 16.7. The van der Waals surface area contributed by atoms with Gasteiger partial charge in [-0.2, -0.15) is 0 Å². The summed E-state index contributed by atoms with van der Waals surface area (Å²) < 4.78 is 6.25. The lowest BCUT2D eigenvalue weighted by Crippen LogP contribution is -2.46. The molecule has 19 heavy (non-hydrogen) atoms. The quantitative estimate of drug-likeness (QED) is 0.769. The Hall–Kier alpha value is -0.368. The van der Waals surface area contributed by atoms with E-state index in [9.17, 15) is 14.9 Å². The van der Waals surface area contributed by atoms with E-state index in [0.717, 1.165) is 0 Å². The van der Waals surface area contributed by atoms with E-state index < -0.39 is 27.4 Å². The Morgan fingerprint density at radius 1 is 1.42 bits per heavy atom. The first-order chi connectivity index (χ1) is 8.45. The van der Waals surface area contributed by atoms with Gasteiger partial charge in [0.2, 0.25) is 0 Å². The summed E-state index contributed by atoms with van der Waals surface area (Å²) in [6, 6.07) is -0.644. The molecule has 2 N–H and O–H groups in total. The summed E-state index contributed by atoms with van der Waals surface area (Å²) in [6.45, 7) is 12.9. The van der Waals surface area contributed by atoms with E-state index in [2.05, 4.69) is 33.9 Å². The van der Waals surface area contributed by atoms with Gasteiger partial charge in [-0.25, -0.2) is 0 Å². The second-order valence-electron chi connectivity index (χ2n) is 6.92. The fourth-order valence-corrected chi connectivity index (χ4v) is 3.51. The maximum atomic E-state index is 11.2. The third-order valence-electron chi connectivity index (χ3n) is 4.33. The summed E-state index contributed by atoms with van der Waals surface area (Å²) in [5.41, 5.74) is 0. The largest absolute Gasteiger partial charge is 0.480 e. The van der Waals surface area contributed by atoms with Crippen LogP contribution in [0.2, 0.25) is 25.0 Å². The molecule has 1 heterocycles.